The van der Waals surface area contributed by atoms with Crippen molar-refractivity contribution < 1.29 is 9.90 Å². The standard InChI is InChI=1S/C13H25N3O2/c1-3-6-14-11-13(18)16(9-10-17)12-4-7-15(2)8-5-12/h3,12,14,17H,1,4-11H2,2H3. The Morgan fingerprint density at radius 2 is 2.22 bits per heavy atom. The van der Waals surface area contributed by atoms with E-state index < -0.39 is 0 Å². The van der Waals surface area contributed by atoms with Crippen molar-refractivity contribution in [1.82, 2.24) is 15.1 Å². The fourth-order valence-corrected chi connectivity index (χ4v) is 2.31. The van der Waals surface area contributed by atoms with E-state index >= 15 is 0 Å². The van der Waals surface area contributed by atoms with Gasteiger partial charge in [0, 0.05) is 19.1 Å². The van der Waals surface area contributed by atoms with Gasteiger partial charge >= 0.3 is 0 Å². The highest BCUT2D eigenvalue weighted by Crippen LogP contribution is 2.15. The molecule has 1 saturated heterocycles. The van der Waals surface area contributed by atoms with Gasteiger partial charge in [0.2, 0.25) is 5.91 Å². The first-order valence-electron chi connectivity index (χ1n) is 6.59. The monoisotopic (exact) mass is 255 g/mol. The number of piperidine rings is 1. The number of hydrogen-bond donors (Lipinski definition) is 2. The van der Waals surface area contributed by atoms with Gasteiger partial charge in [-0.15, -0.1) is 6.58 Å². The van der Waals surface area contributed by atoms with Gasteiger partial charge in [-0.05, 0) is 33.0 Å². The Morgan fingerprint density at radius 1 is 1.56 bits per heavy atom. The van der Waals surface area contributed by atoms with Crippen molar-refractivity contribution >= 4 is 5.91 Å². The summed E-state index contributed by atoms with van der Waals surface area (Å²) < 4.78 is 0. The topological polar surface area (TPSA) is 55.8 Å². The zero-order chi connectivity index (χ0) is 13.4. The van der Waals surface area contributed by atoms with Crippen LogP contribution in [0.2, 0.25) is 0 Å². The Hall–Kier alpha value is -0.910. The minimum absolute atomic E-state index is 0.0273. The van der Waals surface area contributed by atoms with Crippen LogP contribution in [0.15, 0.2) is 12.7 Å². The van der Waals surface area contributed by atoms with Crippen LogP contribution in [0.5, 0.6) is 0 Å². The molecule has 2 N–H and O–H groups in total. The van der Waals surface area contributed by atoms with Crippen molar-refractivity contribution in [3.8, 4) is 0 Å². The van der Waals surface area contributed by atoms with Crippen LogP contribution in [-0.4, -0.2) is 73.2 Å². The van der Waals surface area contributed by atoms with Crippen molar-refractivity contribution in [2.45, 2.75) is 18.9 Å². The van der Waals surface area contributed by atoms with E-state index in [1.54, 1.807) is 6.08 Å². The average Bonchev–Trinajstić information content (AvgIpc) is 2.37. The van der Waals surface area contributed by atoms with Gasteiger partial charge in [0.1, 0.15) is 0 Å². The molecular weight excluding hydrogens is 230 g/mol. The van der Waals surface area contributed by atoms with Crippen molar-refractivity contribution in [3.05, 3.63) is 12.7 Å². The van der Waals surface area contributed by atoms with E-state index in [0.717, 1.165) is 25.9 Å². The molecule has 0 aliphatic carbocycles. The molecule has 0 aromatic heterocycles. The maximum absolute atomic E-state index is 12.1. The predicted molar refractivity (Wildman–Crippen MR) is 72.4 cm³/mol. The summed E-state index contributed by atoms with van der Waals surface area (Å²) in [5.74, 6) is 0.0699. The number of nitrogens with zero attached hydrogens (tertiary/aromatic N) is 2. The SMILES string of the molecule is C=CCNCC(=O)N(CCO)C1CCN(C)CC1. The van der Waals surface area contributed by atoms with Gasteiger partial charge in [-0.3, -0.25) is 4.79 Å². The minimum atomic E-state index is 0.0273. The van der Waals surface area contributed by atoms with E-state index in [1.165, 1.54) is 0 Å². The first kappa shape index (κ1) is 15.1. The van der Waals surface area contributed by atoms with Gasteiger partial charge < -0.3 is 20.2 Å². The summed E-state index contributed by atoms with van der Waals surface area (Å²) in [6.45, 7) is 7.04. The van der Waals surface area contributed by atoms with Crippen LogP contribution in [0, 0.1) is 0 Å². The smallest absolute Gasteiger partial charge is 0.236 e. The lowest BCUT2D eigenvalue weighted by atomic mass is 10.0. The number of carbonyl (C=O) groups is 1. The van der Waals surface area contributed by atoms with E-state index in [1.807, 2.05) is 4.90 Å². The molecule has 0 atom stereocenters. The molecule has 1 aliphatic rings. The number of likely N-dealkylation sites (tertiary alicyclic amines) is 1. The van der Waals surface area contributed by atoms with Crippen molar-refractivity contribution in [1.29, 1.82) is 0 Å². The number of amides is 1. The molecule has 0 bridgehead atoms. The quantitative estimate of drug-likeness (QED) is 0.483. The molecule has 1 heterocycles. The summed E-state index contributed by atoms with van der Waals surface area (Å²) >= 11 is 0. The summed E-state index contributed by atoms with van der Waals surface area (Å²) in [4.78, 5) is 16.2. The van der Waals surface area contributed by atoms with Crippen molar-refractivity contribution in [3.63, 3.8) is 0 Å². The van der Waals surface area contributed by atoms with Gasteiger partial charge in [0.15, 0.2) is 0 Å². The molecule has 0 aromatic rings. The molecular formula is C13H25N3O2. The second kappa shape index (κ2) is 8.24. The number of nitrogens with one attached hydrogen (secondary N) is 1. The molecule has 1 fully saturated rings. The molecule has 1 rings (SSSR count). The molecule has 1 aliphatic heterocycles. The maximum atomic E-state index is 12.1. The molecule has 0 radical (unpaired) electrons. The number of carbonyl (C=O) groups excluding carboxylic acids is 1. The second-order valence-electron chi connectivity index (χ2n) is 4.76. The number of hydrogen-bond acceptors (Lipinski definition) is 4. The lowest BCUT2D eigenvalue weighted by molar-refractivity contribution is -0.134. The Labute approximate surface area is 109 Å². The fraction of sp³-hybridized carbons (Fsp3) is 0.769. The Bertz CT molecular complexity index is 263. The van der Waals surface area contributed by atoms with Crippen molar-refractivity contribution in [2.75, 3.05) is 46.4 Å². The van der Waals surface area contributed by atoms with Gasteiger partial charge in [-0.25, -0.2) is 0 Å². The van der Waals surface area contributed by atoms with E-state index in [-0.39, 0.29) is 18.6 Å². The summed E-state index contributed by atoms with van der Waals surface area (Å²) in [5, 5.41) is 12.1. The van der Waals surface area contributed by atoms with Crippen LogP contribution >= 0.6 is 0 Å². The molecule has 0 unspecified atom stereocenters. The van der Waals surface area contributed by atoms with E-state index in [2.05, 4.69) is 23.8 Å². The fourth-order valence-electron chi connectivity index (χ4n) is 2.31. The highest BCUT2D eigenvalue weighted by Gasteiger charge is 2.25. The third-order valence-corrected chi connectivity index (χ3v) is 3.36. The van der Waals surface area contributed by atoms with E-state index in [4.69, 9.17) is 5.11 Å². The number of aliphatic hydroxyl groups excluding tert-OH is 1. The van der Waals surface area contributed by atoms with Crippen LogP contribution in [0.1, 0.15) is 12.8 Å². The lowest BCUT2D eigenvalue weighted by Crippen LogP contribution is -2.50. The van der Waals surface area contributed by atoms with Crippen LogP contribution < -0.4 is 5.32 Å². The molecule has 0 saturated carbocycles. The molecule has 5 heteroatoms. The molecule has 18 heavy (non-hydrogen) atoms. The van der Waals surface area contributed by atoms with Crippen LogP contribution in [0.25, 0.3) is 0 Å². The number of aliphatic hydroxyl groups is 1. The summed E-state index contributed by atoms with van der Waals surface area (Å²) in [7, 11) is 2.10. The molecule has 0 aromatic carbocycles. The van der Waals surface area contributed by atoms with E-state index in [0.29, 0.717) is 19.6 Å². The Kier molecular flexibility index (Phi) is 6.93. The van der Waals surface area contributed by atoms with Crippen LogP contribution in [-0.2, 0) is 4.79 Å². The lowest BCUT2D eigenvalue weighted by Gasteiger charge is -2.37. The first-order chi connectivity index (χ1) is 8.69. The highest BCUT2D eigenvalue weighted by molar-refractivity contribution is 5.78. The summed E-state index contributed by atoms with van der Waals surface area (Å²) in [6, 6.07) is 0.270. The molecule has 104 valence electrons. The Morgan fingerprint density at radius 3 is 2.78 bits per heavy atom. The Balaban J connectivity index is 2.47. The third-order valence-electron chi connectivity index (χ3n) is 3.36. The highest BCUT2D eigenvalue weighted by atomic mass is 16.3. The van der Waals surface area contributed by atoms with Gasteiger partial charge in [-0.2, -0.15) is 0 Å². The second-order valence-corrected chi connectivity index (χ2v) is 4.76. The predicted octanol–water partition coefficient (Wildman–Crippen LogP) is -0.323. The number of rotatable bonds is 7. The van der Waals surface area contributed by atoms with Gasteiger partial charge in [-0.1, -0.05) is 6.08 Å². The van der Waals surface area contributed by atoms with E-state index in [9.17, 15) is 4.79 Å². The molecule has 5 nitrogen and oxygen atoms in total. The summed E-state index contributed by atoms with van der Waals surface area (Å²) in [6.07, 6.45) is 3.71. The largest absolute Gasteiger partial charge is 0.395 e. The van der Waals surface area contributed by atoms with Crippen LogP contribution in [0.4, 0.5) is 0 Å². The summed E-state index contributed by atoms with van der Waals surface area (Å²) in [5.41, 5.74) is 0. The van der Waals surface area contributed by atoms with Crippen LogP contribution in [0.3, 0.4) is 0 Å². The molecule has 0 spiro atoms. The first-order valence-corrected chi connectivity index (χ1v) is 6.59. The minimum Gasteiger partial charge on any atom is -0.395 e. The average molecular weight is 255 g/mol. The van der Waals surface area contributed by atoms with Crippen molar-refractivity contribution in [2.24, 2.45) is 0 Å². The van der Waals surface area contributed by atoms with Gasteiger partial charge in [0.05, 0.1) is 13.2 Å². The zero-order valence-electron chi connectivity index (χ0n) is 11.3. The zero-order valence-corrected chi connectivity index (χ0v) is 11.3. The third kappa shape index (κ3) is 4.76. The maximum Gasteiger partial charge on any atom is 0.236 e. The normalized spacial score (nSPS) is 17.7. The molecule has 1 amide bonds. The van der Waals surface area contributed by atoms with Gasteiger partial charge in [0.25, 0.3) is 0 Å².